The number of hydrogen-bond donors (Lipinski definition) is 2. The first-order chi connectivity index (χ1) is 12.9. The van der Waals surface area contributed by atoms with Gasteiger partial charge in [-0.05, 0) is 36.8 Å². The van der Waals surface area contributed by atoms with Gasteiger partial charge in [-0.3, -0.25) is 0 Å². The quantitative estimate of drug-likeness (QED) is 0.390. The Morgan fingerprint density at radius 3 is 2.63 bits per heavy atom. The van der Waals surface area contributed by atoms with E-state index >= 15 is 0 Å². The molecule has 27 heavy (non-hydrogen) atoms. The molecule has 7 nitrogen and oxygen atoms in total. The molecule has 2 N–H and O–H groups in total. The topological polar surface area (TPSA) is 78.1 Å². The Labute approximate surface area is 160 Å². The lowest BCUT2D eigenvalue weighted by Gasteiger charge is -2.30. The molecule has 148 valence electrons. The second kappa shape index (κ2) is 9.47. The number of ether oxygens (including phenoxy) is 4. The van der Waals surface area contributed by atoms with Crippen molar-refractivity contribution in [1.82, 2.24) is 10.6 Å². The van der Waals surface area contributed by atoms with Crippen LogP contribution in [0.5, 0.6) is 11.5 Å². The number of halogens is 2. The highest BCUT2D eigenvalue weighted by Gasteiger charge is 2.31. The lowest BCUT2D eigenvalue weighted by Crippen LogP contribution is -2.45. The minimum absolute atomic E-state index is 0.0910. The third-order valence-electron chi connectivity index (χ3n) is 3.75. The van der Waals surface area contributed by atoms with E-state index in [9.17, 15) is 13.6 Å². The first-order valence-electron chi connectivity index (χ1n) is 7.94. The zero-order valence-electron chi connectivity index (χ0n) is 15.0. The third-order valence-corrected chi connectivity index (χ3v) is 3.97. The van der Waals surface area contributed by atoms with Crippen LogP contribution >= 0.6 is 12.2 Å². The van der Waals surface area contributed by atoms with E-state index in [1.54, 1.807) is 13.0 Å². The molecule has 1 aromatic carbocycles. The van der Waals surface area contributed by atoms with Crippen LogP contribution in [-0.4, -0.2) is 45.1 Å². The molecule has 0 spiro atoms. The van der Waals surface area contributed by atoms with Crippen molar-refractivity contribution in [2.24, 2.45) is 0 Å². The molecular weight excluding hydrogens is 382 g/mol. The Morgan fingerprint density at radius 1 is 1.26 bits per heavy atom. The molecule has 1 heterocycles. The number of alkyl halides is 2. The van der Waals surface area contributed by atoms with E-state index in [0.717, 1.165) is 0 Å². The summed E-state index contributed by atoms with van der Waals surface area (Å²) in [7, 11) is 2.83. The average Bonchev–Trinajstić information content (AvgIpc) is 2.61. The van der Waals surface area contributed by atoms with Gasteiger partial charge in [0, 0.05) is 12.8 Å². The van der Waals surface area contributed by atoms with Crippen LogP contribution < -0.4 is 20.1 Å². The van der Waals surface area contributed by atoms with Crippen LogP contribution in [0.25, 0.3) is 0 Å². The number of carbonyl (C=O) groups excluding carboxylic acids is 1. The molecule has 0 unspecified atom stereocenters. The molecule has 1 aliphatic rings. The molecule has 1 aromatic rings. The van der Waals surface area contributed by atoms with Gasteiger partial charge in [0.15, 0.2) is 16.6 Å². The van der Waals surface area contributed by atoms with Gasteiger partial charge in [0.25, 0.3) is 0 Å². The van der Waals surface area contributed by atoms with Crippen LogP contribution in [0.1, 0.15) is 18.5 Å². The molecule has 1 aliphatic heterocycles. The fourth-order valence-corrected chi connectivity index (χ4v) is 2.84. The summed E-state index contributed by atoms with van der Waals surface area (Å²) in [5.41, 5.74) is 1.40. The molecule has 1 atom stereocenters. The molecule has 0 fully saturated rings. The van der Waals surface area contributed by atoms with Gasteiger partial charge in [-0.2, -0.15) is 8.78 Å². The predicted octanol–water partition coefficient (Wildman–Crippen LogP) is 2.28. The van der Waals surface area contributed by atoms with Gasteiger partial charge in [0.1, 0.15) is 6.61 Å². The maximum absolute atomic E-state index is 12.5. The third kappa shape index (κ3) is 5.27. The van der Waals surface area contributed by atoms with Gasteiger partial charge in [-0.15, -0.1) is 0 Å². The second-order valence-corrected chi connectivity index (χ2v) is 5.90. The lowest BCUT2D eigenvalue weighted by molar-refractivity contribution is -0.140. The first-order valence-corrected chi connectivity index (χ1v) is 8.35. The first kappa shape index (κ1) is 20.8. The highest BCUT2D eigenvalue weighted by atomic mass is 32.1. The van der Waals surface area contributed by atoms with Gasteiger partial charge in [0.2, 0.25) is 0 Å². The molecule has 0 aromatic heterocycles. The predicted molar refractivity (Wildman–Crippen MR) is 96.8 cm³/mol. The molecule has 2 rings (SSSR count). The molecular formula is C17H20F2N2O5S. The smallest absolute Gasteiger partial charge is 0.387 e. The number of benzene rings is 1. The van der Waals surface area contributed by atoms with Crippen molar-refractivity contribution >= 4 is 23.3 Å². The molecule has 0 amide bonds. The summed E-state index contributed by atoms with van der Waals surface area (Å²) >= 11 is 5.17. The van der Waals surface area contributed by atoms with Crippen molar-refractivity contribution in [2.75, 3.05) is 27.4 Å². The lowest BCUT2D eigenvalue weighted by atomic mass is 9.95. The van der Waals surface area contributed by atoms with Crippen molar-refractivity contribution in [3.05, 3.63) is 35.0 Å². The summed E-state index contributed by atoms with van der Waals surface area (Å²) in [5.74, 6) is -0.564. The zero-order chi connectivity index (χ0) is 20.0. The average molecular weight is 402 g/mol. The number of nitrogens with one attached hydrogen (secondary N) is 2. The number of allylic oxidation sites excluding steroid dienone is 1. The number of methoxy groups -OCH3 is 2. The molecule has 0 saturated heterocycles. The fraction of sp³-hybridized carbons (Fsp3) is 0.412. The van der Waals surface area contributed by atoms with Crippen LogP contribution in [0.4, 0.5) is 8.78 Å². The van der Waals surface area contributed by atoms with Gasteiger partial charge >= 0.3 is 12.6 Å². The fourth-order valence-electron chi connectivity index (χ4n) is 2.57. The van der Waals surface area contributed by atoms with Crippen LogP contribution in [0.15, 0.2) is 29.5 Å². The molecule has 0 bridgehead atoms. The van der Waals surface area contributed by atoms with Crippen LogP contribution in [0, 0.1) is 0 Å². The summed E-state index contributed by atoms with van der Waals surface area (Å²) < 4.78 is 44.7. The highest BCUT2D eigenvalue weighted by Crippen LogP contribution is 2.35. The number of esters is 1. The van der Waals surface area contributed by atoms with E-state index in [4.69, 9.17) is 26.4 Å². The molecule has 0 aliphatic carbocycles. The Hall–Kier alpha value is -2.46. The van der Waals surface area contributed by atoms with Crippen molar-refractivity contribution in [3.63, 3.8) is 0 Å². The van der Waals surface area contributed by atoms with Crippen molar-refractivity contribution in [2.45, 2.75) is 19.6 Å². The van der Waals surface area contributed by atoms with Crippen molar-refractivity contribution in [1.29, 1.82) is 0 Å². The maximum Gasteiger partial charge on any atom is 0.387 e. The molecule has 10 heteroatoms. The number of hydrogen-bond acceptors (Lipinski definition) is 6. The summed E-state index contributed by atoms with van der Waals surface area (Å²) in [5, 5.41) is 6.18. The second-order valence-electron chi connectivity index (χ2n) is 5.49. The van der Waals surface area contributed by atoms with E-state index in [2.05, 4.69) is 15.4 Å². The largest absolute Gasteiger partial charge is 0.493 e. The van der Waals surface area contributed by atoms with E-state index in [1.807, 2.05) is 0 Å². The van der Waals surface area contributed by atoms with E-state index in [-0.39, 0.29) is 24.7 Å². The normalized spacial score (nSPS) is 16.7. The number of rotatable bonds is 8. The summed E-state index contributed by atoms with van der Waals surface area (Å²) in [6.07, 6.45) is 0. The summed E-state index contributed by atoms with van der Waals surface area (Å²) in [4.78, 5) is 12.5. The van der Waals surface area contributed by atoms with Gasteiger partial charge in [-0.1, -0.05) is 6.07 Å². The van der Waals surface area contributed by atoms with Crippen LogP contribution in [0.2, 0.25) is 0 Å². The number of carbonyl (C=O) groups is 1. The van der Waals surface area contributed by atoms with Crippen molar-refractivity contribution in [3.8, 4) is 11.5 Å². The summed E-state index contributed by atoms with van der Waals surface area (Å²) in [6, 6.07) is 3.74. The standard InChI is InChI=1S/C17H20F2N2O5S/c1-9-13(15(22)25-7-6-23-2)14(21-17(27)20-9)10-4-5-11(26-16(18)19)12(8-10)24-3/h4-5,8,14,16H,6-7H2,1-3H3,(H2,20,21,27)/t14-/m0/s1. The summed E-state index contributed by atoms with van der Waals surface area (Å²) in [6.45, 7) is -0.940. The highest BCUT2D eigenvalue weighted by molar-refractivity contribution is 7.80. The Morgan fingerprint density at radius 2 is 2.00 bits per heavy atom. The number of thiocarbonyl (C=S) groups is 1. The SMILES string of the molecule is COCCOC(=O)C1=C(C)NC(=S)N[C@H]1c1ccc(OC(F)F)c(OC)c1. The zero-order valence-corrected chi connectivity index (χ0v) is 15.8. The maximum atomic E-state index is 12.5. The minimum Gasteiger partial charge on any atom is -0.493 e. The van der Waals surface area contributed by atoms with Gasteiger partial charge < -0.3 is 29.6 Å². The van der Waals surface area contributed by atoms with Gasteiger partial charge in [0.05, 0.1) is 25.3 Å². The Bertz CT molecular complexity index is 742. The van der Waals surface area contributed by atoms with E-state index in [1.165, 1.54) is 26.4 Å². The Kier molecular flexibility index (Phi) is 7.31. The Balaban J connectivity index is 2.36. The molecule has 0 radical (unpaired) electrons. The minimum atomic E-state index is -2.98. The van der Waals surface area contributed by atoms with Crippen LogP contribution in [-0.2, 0) is 14.3 Å². The molecule has 0 saturated carbocycles. The van der Waals surface area contributed by atoms with Crippen molar-refractivity contribution < 1.29 is 32.5 Å². The monoisotopic (exact) mass is 402 g/mol. The van der Waals surface area contributed by atoms with Gasteiger partial charge in [-0.25, -0.2) is 4.79 Å². The van der Waals surface area contributed by atoms with E-state index in [0.29, 0.717) is 21.9 Å². The van der Waals surface area contributed by atoms with E-state index < -0.39 is 18.6 Å². The van der Waals surface area contributed by atoms with Crippen LogP contribution in [0.3, 0.4) is 0 Å².